The maximum absolute atomic E-state index is 11.9. The summed E-state index contributed by atoms with van der Waals surface area (Å²) in [7, 11) is 0. The first-order valence-corrected chi connectivity index (χ1v) is 8.58. The largest absolute Gasteiger partial charge is 0.481 e. The van der Waals surface area contributed by atoms with Gasteiger partial charge in [0.15, 0.2) is 5.13 Å². The van der Waals surface area contributed by atoms with Gasteiger partial charge in [0.1, 0.15) is 0 Å². The highest BCUT2D eigenvalue weighted by Crippen LogP contribution is 2.18. The highest BCUT2D eigenvalue weighted by molar-refractivity contribution is 7.14. The first-order valence-electron chi connectivity index (χ1n) is 6.82. The standard InChI is InChI=1S/C14H15N3O4S2/c18-11(15-5-1-4-12(19)20)7-9-8-23-14(16-9)17-13(21)10-3-2-6-22-10/h2-3,6,8H,1,4-5,7H2,(H,15,18)(H,19,20)(H,16,17,21). The summed E-state index contributed by atoms with van der Waals surface area (Å²) in [6.07, 6.45) is 0.509. The predicted molar refractivity (Wildman–Crippen MR) is 88.0 cm³/mol. The highest BCUT2D eigenvalue weighted by Gasteiger charge is 2.11. The maximum Gasteiger partial charge on any atom is 0.303 e. The van der Waals surface area contributed by atoms with Gasteiger partial charge in [-0.15, -0.1) is 22.7 Å². The number of carboxylic acid groups (broad SMARTS) is 1. The third-order valence-electron chi connectivity index (χ3n) is 2.75. The molecule has 2 aromatic rings. The number of amides is 2. The molecule has 2 rings (SSSR count). The number of carboxylic acids is 1. The van der Waals surface area contributed by atoms with Crippen LogP contribution in [0.5, 0.6) is 0 Å². The molecule has 0 atom stereocenters. The average molecular weight is 353 g/mol. The molecule has 23 heavy (non-hydrogen) atoms. The van der Waals surface area contributed by atoms with Crippen molar-refractivity contribution in [3.8, 4) is 0 Å². The topological polar surface area (TPSA) is 108 Å². The molecule has 2 amide bonds. The van der Waals surface area contributed by atoms with Crippen LogP contribution in [0.25, 0.3) is 0 Å². The van der Waals surface area contributed by atoms with Gasteiger partial charge < -0.3 is 10.4 Å². The Morgan fingerprint density at radius 2 is 2.09 bits per heavy atom. The number of thiophene rings is 1. The van der Waals surface area contributed by atoms with E-state index in [0.29, 0.717) is 28.7 Å². The molecular formula is C14H15N3O4S2. The van der Waals surface area contributed by atoms with E-state index in [1.165, 1.54) is 22.7 Å². The van der Waals surface area contributed by atoms with Gasteiger partial charge in [-0.3, -0.25) is 19.7 Å². The molecule has 0 aliphatic heterocycles. The van der Waals surface area contributed by atoms with Gasteiger partial charge in [0, 0.05) is 18.3 Å². The average Bonchev–Trinajstić information content (AvgIpc) is 3.15. The van der Waals surface area contributed by atoms with Crippen LogP contribution in [-0.2, 0) is 16.0 Å². The van der Waals surface area contributed by atoms with Crippen LogP contribution in [0.15, 0.2) is 22.9 Å². The van der Waals surface area contributed by atoms with Crippen molar-refractivity contribution in [3.05, 3.63) is 33.5 Å². The van der Waals surface area contributed by atoms with E-state index in [0.717, 1.165) is 0 Å². The first-order chi connectivity index (χ1) is 11.0. The third kappa shape index (κ3) is 5.80. The highest BCUT2D eigenvalue weighted by atomic mass is 32.1. The van der Waals surface area contributed by atoms with Gasteiger partial charge in [-0.25, -0.2) is 4.98 Å². The number of carbonyl (C=O) groups is 3. The van der Waals surface area contributed by atoms with Gasteiger partial charge >= 0.3 is 5.97 Å². The fourth-order valence-corrected chi connectivity index (χ4v) is 3.03. The SMILES string of the molecule is O=C(O)CCCNC(=O)Cc1csc(NC(=O)c2cccs2)n1. The van der Waals surface area contributed by atoms with Gasteiger partial charge in [-0.05, 0) is 17.9 Å². The third-order valence-corrected chi connectivity index (χ3v) is 4.42. The van der Waals surface area contributed by atoms with Crippen LogP contribution in [-0.4, -0.2) is 34.4 Å². The summed E-state index contributed by atoms with van der Waals surface area (Å²) >= 11 is 2.59. The Kier molecular flexibility index (Phi) is 6.24. The molecule has 0 saturated carbocycles. The van der Waals surface area contributed by atoms with Gasteiger partial charge in [-0.2, -0.15) is 0 Å². The zero-order chi connectivity index (χ0) is 16.7. The van der Waals surface area contributed by atoms with Gasteiger partial charge in [-0.1, -0.05) is 6.07 Å². The fourth-order valence-electron chi connectivity index (χ4n) is 1.71. The number of rotatable bonds is 8. The molecule has 0 aliphatic carbocycles. The molecule has 0 aliphatic rings. The molecule has 0 saturated heterocycles. The zero-order valence-electron chi connectivity index (χ0n) is 12.1. The quantitative estimate of drug-likeness (QED) is 0.629. The second-order valence-corrected chi connectivity index (χ2v) is 6.41. The number of hydrogen-bond acceptors (Lipinski definition) is 6. The smallest absolute Gasteiger partial charge is 0.303 e. The Morgan fingerprint density at radius 3 is 2.78 bits per heavy atom. The summed E-state index contributed by atoms with van der Waals surface area (Å²) in [5.41, 5.74) is 0.562. The van der Waals surface area contributed by atoms with Crippen molar-refractivity contribution >= 4 is 45.6 Å². The number of aliphatic carboxylic acids is 1. The van der Waals surface area contributed by atoms with Crippen LogP contribution in [0.4, 0.5) is 5.13 Å². The normalized spacial score (nSPS) is 10.3. The molecule has 0 unspecified atom stereocenters. The van der Waals surface area contributed by atoms with Gasteiger partial charge in [0.05, 0.1) is 17.0 Å². The molecule has 0 aromatic carbocycles. The lowest BCUT2D eigenvalue weighted by Gasteiger charge is -2.02. The molecule has 2 aromatic heterocycles. The minimum absolute atomic E-state index is 0.0237. The van der Waals surface area contributed by atoms with E-state index >= 15 is 0 Å². The lowest BCUT2D eigenvalue weighted by Crippen LogP contribution is -2.26. The Bertz CT molecular complexity index is 682. The van der Waals surface area contributed by atoms with Crippen LogP contribution in [0.1, 0.15) is 28.2 Å². The summed E-state index contributed by atoms with van der Waals surface area (Å²) in [4.78, 5) is 38.7. The Morgan fingerprint density at radius 1 is 1.26 bits per heavy atom. The molecule has 3 N–H and O–H groups in total. The molecule has 0 fully saturated rings. The number of nitrogens with one attached hydrogen (secondary N) is 2. The second kappa shape index (κ2) is 8.39. The number of anilines is 1. The lowest BCUT2D eigenvalue weighted by atomic mass is 10.3. The van der Waals surface area contributed by atoms with E-state index in [2.05, 4.69) is 15.6 Å². The first kappa shape index (κ1) is 17.1. The van der Waals surface area contributed by atoms with E-state index in [9.17, 15) is 14.4 Å². The summed E-state index contributed by atoms with van der Waals surface area (Å²) in [6, 6.07) is 3.51. The number of nitrogens with zero attached hydrogens (tertiary/aromatic N) is 1. The zero-order valence-corrected chi connectivity index (χ0v) is 13.7. The molecule has 122 valence electrons. The van der Waals surface area contributed by atoms with Gasteiger partial charge in [0.25, 0.3) is 5.91 Å². The van der Waals surface area contributed by atoms with Gasteiger partial charge in [0.2, 0.25) is 5.91 Å². The van der Waals surface area contributed by atoms with Crippen LogP contribution < -0.4 is 10.6 Å². The van der Waals surface area contributed by atoms with Crippen LogP contribution in [0.3, 0.4) is 0 Å². The number of hydrogen-bond donors (Lipinski definition) is 3. The number of aromatic nitrogens is 1. The minimum atomic E-state index is -0.884. The second-order valence-electron chi connectivity index (χ2n) is 4.60. The van der Waals surface area contributed by atoms with Crippen molar-refractivity contribution in [1.29, 1.82) is 0 Å². The van der Waals surface area contributed by atoms with Crippen molar-refractivity contribution in [1.82, 2.24) is 10.3 Å². The fraction of sp³-hybridized carbons (Fsp3) is 0.286. The Hall–Kier alpha value is -2.26. The molecule has 2 heterocycles. The van der Waals surface area contributed by atoms with Crippen molar-refractivity contribution in [2.45, 2.75) is 19.3 Å². The minimum Gasteiger partial charge on any atom is -0.481 e. The molecule has 0 bridgehead atoms. The van der Waals surface area contributed by atoms with E-state index < -0.39 is 5.97 Å². The van der Waals surface area contributed by atoms with Crippen LogP contribution >= 0.6 is 22.7 Å². The number of thiazole rings is 1. The van der Waals surface area contributed by atoms with E-state index in [-0.39, 0.29) is 24.7 Å². The summed E-state index contributed by atoms with van der Waals surface area (Å²) in [6.45, 7) is 0.317. The molecule has 7 nitrogen and oxygen atoms in total. The summed E-state index contributed by atoms with van der Waals surface area (Å²) in [5.74, 6) is -1.33. The summed E-state index contributed by atoms with van der Waals surface area (Å²) < 4.78 is 0. The van der Waals surface area contributed by atoms with Crippen LogP contribution in [0, 0.1) is 0 Å². The van der Waals surface area contributed by atoms with Crippen molar-refractivity contribution in [3.63, 3.8) is 0 Å². The van der Waals surface area contributed by atoms with Crippen LogP contribution in [0.2, 0.25) is 0 Å². The monoisotopic (exact) mass is 353 g/mol. The summed E-state index contributed by atoms with van der Waals surface area (Å²) in [5, 5.41) is 17.8. The Balaban J connectivity index is 1.77. The molecular weight excluding hydrogens is 338 g/mol. The van der Waals surface area contributed by atoms with E-state index in [1.54, 1.807) is 17.5 Å². The molecule has 0 spiro atoms. The molecule has 9 heteroatoms. The lowest BCUT2D eigenvalue weighted by molar-refractivity contribution is -0.137. The van der Waals surface area contributed by atoms with E-state index in [4.69, 9.17) is 5.11 Å². The van der Waals surface area contributed by atoms with Crippen molar-refractivity contribution < 1.29 is 19.5 Å². The maximum atomic E-state index is 11.9. The van der Waals surface area contributed by atoms with E-state index in [1.807, 2.05) is 5.38 Å². The Labute approximate surface area is 140 Å². The molecule has 0 radical (unpaired) electrons. The number of carbonyl (C=O) groups excluding carboxylic acids is 2. The predicted octanol–water partition coefficient (Wildman–Crippen LogP) is 1.98. The van der Waals surface area contributed by atoms with Crippen molar-refractivity contribution in [2.24, 2.45) is 0 Å². The van der Waals surface area contributed by atoms with Crippen molar-refractivity contribution in [2.75, 3.05) is 11.9 Å².